The number of aromatic nitrogens is 2. The van der Waals surface area contributed by atoms with E-state index in [4.69, 9.17) is 5.73 Å². The first-order chi connectivity index (χ1) is 9.44. The molecular weight excluding hydrogens is 391 g/mol. The monoisotopic (exact) mass is 406 g/mol. The molecule has 0 saturated carbocycles. The molecule has 0 bridgehead atoms. The van der Waals surface area contributed by atoms with Crippen molar-refractivity contribution in [2.45, 2.75) is 24.8 Å². The minimum Gasteiger partial charge on any atom is -0.381 e. The van der Waals surface area contributed by atoms with Crippen molar-refractivity contribution in [3.8, 4) is 0 Å². The van der Waals surface area contributed by atoms with Crippen molar-refractivity contribution in [2.24, 2.45) is 0 Å². The molecule has 0 fully saturated rings. The van der Waals surface area contributed by atoms with Crippen molar-refractivity contribution in [2.75, 3.05) is 10.5 Å². The number of hydrogen-bond donors (Lipinski definition) is 2. The predicted octanol–water partition coefficient (Wildman–Crippen LogP) is 2.28. The highest BCUT2D eigenvalue weighted by Gasteiger charge is 2.21. The molecule has 1 heterocycles. The van der Waals surface area contributed by atoms with E-state index < -0.39 is 10.0 Å². The first kappa shape index (κ1) is 15.1. The van der Waals surface area contributed by atoms with Crippen LogP contribution in [0.25, 0.3) is 0 Å². The van der Waals surface area contributed by atoms with Gasteiger partial charge in [0.1, 0.15) is 4.90 Å². The highest BCUT2D eigenvalue weighted by molar-refractivity contribution is 14.1. The molecule has 1 aromatic carbocycles. The summed E-state index contributed by atoms with van der Waals surface area (Å²) in [5, 5.41) is 4.00. The van der Waals surface area contributed by atoms with Gasteiger partial charge in [-0.15, -0.1) is 0 Å². The van der Waals surface area contributed by atoms with Gasteiger partial charge < -0.3 is 5.73 Å². The lowest BCUT2D eigenvalue weighted by molar-refractivity contribution is 0.595. The number of nitrogens with one attached hydrogen (secondary N) is 1. The summed E-state index contributed by atoms with van der Waals surface area (Å²) in [5.74, 6) is 0.0110. The maximum absolute atomic E-state index is 12.3. The smallest absolute Gasteiger partial charge is 0.267 e. The average molecular weight is 406 g/mol. The second-order valence-electron chi connectivity index (χ2n) is 4.23. The molecule has 0 atom stereocenters. The lowest BCUT2D eigenvalue weighted by Gasteiger charge is -2.08. The molecule has 20 heavy (non-hydrogen) atoms. The molecule has 2 rings (SSSR count). The second kappa shape index (κ2) is 6.00. The topological polar surface area (TPSA) is 90.0 Å². The van der Waals surface area contributed by atoms with Crippen LogP contribution in [0.4, 0.5) is 11.5 Å². The Kier molecular flexibility index (Phi) is 4.53. The van der Waals surface area contributed by atoms with Crippen LogP contribution in [0.5, 0.6) is 0 Å². The van der Waals surface area contributed by atoms with Gasteiger partial charge in [-0.3, -0.25) is 9.40 Å². The van der Waals surface area contributed by atoms with Crippen LogP contribution in [0.15, 0.2) is 35.4 Å². The summed E-state index contributed by atoms with van der Waals surface area (Å²) >= 11 is 2.07. The van der Waals surface area contributed by atoms with Gasteiger partial charge in [-0.05, 0) is 41.1 Å². The average Bonchev–Trinajstić information content (AvgIpc) is 2.74. The lowest BCUT2D eigenvalue weighted by atomic mass is 10.3. The molecule has 0 saturated heterocycles. The number of benzene rings is 1. The molecule has 6 nitrogen and oxygen atoms in total. The number of nitrogen functional groups attached to an aromatic ring is 1. The van der Waals surface area contributed by atoms with Crippen molar-refractivity contribution < 1.29 is 8.42 Å². The number of aryl methyl sites for hydroxylation is 1. The van der Waals surface area contributed by atoms with Crippen LogP contribution >= 0.6 is 22.6 Å². The Balaban J connectivity index is 2.33. The maximum Gasteiger partial charge on any atom is 0.267 e. The van der Waals surface area contributed by atoms with Crippen molar-refractivity contribution in [3.05, 3.63) is 34.0 Å². The van der Waals surface area contributed by atoms with E-state index in [2.05, 4.69) is 32.4 Å². The molecule has 0 unspecified atom stereocenters. The highest BCUT2D eigenvalue weighted by Crippen LogP contribution is 2.23. The van der Waals surface area contributed by atoms with Crippen LogP contribution in [-0.4, -0.2) is 18.2 Å². The van der Waals surface area contributed by atoms with E-state index in [1.807, 2.05) is 19.1 Å². The summed E-state index contributed by atoms with van der Waals surface area (Å²) in [7, 11) is -3.73. The zero-order valence-corrected chi connectivity index (χ0v) is 13.8. The van der Waals surface area contributed by atoms with E-state index in [0.29, 0.717) is 12.2 Å². The van der Waals surface area contributed by atoms with Gasteiger partial charge in [0.2, 0.25) is 0 Å². The Morgan fingerprint density at radius 3 is 2.75 bits per heavy atom. The van der Waals surface area contributed by atoms with Crippen molar-refractivity contribution >= 4 is 44.1 Å². The van der Waals surface area contributed by atoms with E-state index >= 15 is 0 Å². The van der Waals surface area contributed by atoms with Crippen LogP contribution in [0, 0.1) is 3.57 Å². The van der Waals surface area contributed by atoms with Gasteiger partial charge >= 0.3 is 0 Å². The van der Waals surface area contributed by atoms with Gasteiger partial charge in [0.25, 0.3) is 10.0 Å². The van der Waals surface area contributed by atoms with Crippen molar-refractivity contribution in [3.63, 3.8) is 0 Å². The van der Waals surface area contributed by atoms with Crippen LogP contribution in [0.1, 0.15) is 13.3 Å². The van der Waals surface area contributed by atoms with Gasteiger partial charge in [0.15, 0.2) is 5.82 Å². The standard InChI is InChI=1S/C12H15IN4O2S/c1-2-7-17-8-11(12(14)15-17)20(18,19)16-10-6-4-3-5-9(10)13/h3-6,8,16H,2,7H2,1H3,(H2,14,15). The molecule has 2 aromatic rings. The molecule has 0 aliphatic carbocycles. The number of para-hydroxylation sites is 1. The van der Waals surface area contributed by atoms with Crippen LogP contribution < -0.4 is 10.5 Å². The molecule has 8 heteroatoms. The van der Waals surface area contributed by atoms with E-state index in [1.54, 1.807) is 16.8 Å². The molecule has 1 aromatic heterocycles. The quantitative estimate of drug-likeness (QED) is 0.746. The SMILES string of the molecule is CCCn1cc(S(=O)(=O)Nc2ccccc2I)c(N)n1. The molecule has 0 amide bonds. The Hall–Kier alpha value is -1.29. The number of rotatable bonds is 5. The number of hydrogen-bond acceptors (Lipinski definition) is 4. The van der Waals surface area contributed by atoms with Crippen LogP contribution in [-0.2, 0) is 16.6 Å². The summed E-state index contributed by atoms with van der Waals surface area (Å²) in [6, 6.07) is 7.13. The zero-order valence-electron chi connectivity index (χ0n) is 10.9. The second-order valence-corrected chi connectivity index (χ2v) is 7.04. The maximum atomic E-state index is 12.3. The first-order valence-electron chi connectivity index (χ1n) is 6.04. The fraction of sp³-hybridized carbons (Fsp3) is 0.250. The molecule has 108 valence electrons. The summed E-state index contributed by atoms with van der Waals surface area (Å²) < 4.78 is 29.6. The molecule has 3 N–H and O–H groups in total. The van der Waals surface area contributed by atoms with Crippen molar-refractivity contribution in [1.29, 1.82) is 0 Å². The van der Waals surface area contributed by atoms with Gasteiger partial charge in [-0.25, -0.2) is 8.42 Å². The number of sulfonamides is 1. The third-order valence-corrected chi connectivity index (χ3v) is 4.94. The minimum atomic E-state index is -3.73. The van der Waals surface area contributed by atoms with Crippen LogP contribution in [0.3, 0.4) is 0 Å². The first-order valence-corrected chi connectivity index (χ1v) is 8.60. The largest absolute Gasteiger partial charge is 0.381 e. The Morgan fingerprint density at radius 1 is 1.40 bits per heavy atom. The van der Waals surface area contributed by atoms with E-state index in [0.717, 1.165) is 9.99 Å². The van der Waals surface area contributed by atoms with Gasteiger partial charge in [-0.1, -0.05) is 19.1 Å². The third-order valence-electron chi connectivity index (χ3n) is 2.62. The Labute approximate surface area is 131 Å². The van der Waals surface area contributed by atoms with E-state index in [-0.39, 0.29) is 10.7 Å². The van der Waals surface area contributed by atoms with Gasteiger partial charge in [0, 0.05) is 16.3 Å². The molecular formula is C12H15IN4O2S. The molecule has 0 aliphatic heterocycles. The summed E-state index contributed by atoms with van der Waals surface area (Å²) in [6.07, 6.45) is 2.31. The number of nitrogens with two attached hydrogens (primary N) is 1. The van der Waals surface area contributed by atoms with E-state index in [1.165, 1.54) is 6.20 Å². The summed E-state index contributed by atoms with van der Waals surface area (Å²) in [4.78, 5) is 0.00519. The summed E-state index contributed by atoms with van der Waals surface area (Å²) in [6.45, 7) is 2.61. The number of halogens is 1. The highest BCUT2D eigenvalue weighted by atomic mass is 127. The lowest BCUT2D eigenvalue weighted by Crippen LogP contribution is -2.14. The van der Waals surface area contributed by atoms with Gasteiger partial charge in [-0.2, -0.15) is 5.10 Å². The number of anilines is 2. The molecule has 0 spiro atoms. The molecule has 0 radical (unpaired) electrons. The fourth-order valence-corrected chi connectivity index (χ4v) is 3.57. The minimum absolute atomic E-state index is 0.00519. The Bertz CT molecular complexity index is 712. The zero-order chi connectivity index (χ0) is 14.8. The molecule has 0 aliphatic rings. The summed E-state index contributed by atoms with van der Waals surface area (Å²) in [5.41, 5.74) is 6.22. The van der Waals surface area contributed by atoms with Crippen molar-refractivity contribution in [1.82, 2.24) is 9.78 Å². The van der Waals surface area contributed by atoms with Crippen LogP contribution in [0.2, 0.25) is 0 Å². The van der Waals surface area contributed by atoms with E-state index in [9.17, 15) is 8.42 Å². The van der Waals surface area contributed by atoms with Gasteiger partial charge in [0.05, 0.1) is 5.69 Å². The number of nitrogens with zero attached hydrogens (tertiary/aromatic N) is 2. The predicted molar refractivity (Wildman–Crippen MR) is 86.9 cm³/mol. The third kappa shape index (κ3) is 3.23. The fourth-order valence-electron chi connectivity index (χ4n) is 1.71. The Morgan fingerprint density at radius 2 is 2.10 bits per heavy atom. The normalized spacial score (nSPS) is 11.5.